The number of hydrogen-bond acceptors (Lipinski definition) is 5. The number of carbonyl (C=O) groups excluding carboxylic acids is 1. The Labute approximate surface area is 211 Å². The van der Waals surface area contributed by atoms with Crippen LogP contribution in [0.2, 0.25) is 5.02 Å². The number of hydrogen-bond donors (Lipinski definition) is 2. The summed E-state index contributed by atoms with van der Waals surface area (Å²) in [6.45, 7) is 1.49. The maximum atomic E-state index is 13.7. The third kappa shape index (κ3) is 2.87. The van der Waals surface area contributed by atoms with Crippen LogP contribution in [0.3, 0.4) is 0 Å². The molecule has 0 saturated heterocycles. The molecule has 0 spiro atoms. The number of nitrogens with zero attached hydrogens (tertiary/aromatic N) is 2. The second-order valence-corrected chi connectivity index (χ2v) is 10.7. The quantitative estimate of drug-likeness (QED) is 0.517. The molecule has 1 aliphatic heterocycles. The smallest absolute Gasteiger partial charge is 0.228 e. The van der Waals surface area contributed by atoms with Crippen molar-refractivity contribution in [2.24, 2.45) is 5.92 Å². The number of pyridine rings is 1. The van der Waals surface area contributed by atoms with Crippen LogP contribution in [-0.2, 0) is 16.0 Å². The van der Waals surface area contributed by atoms with Crippen LogP contribution in [0.15, 0.2) is 71.3 Å². The normalized spacial score (nSPS) is 31.5. The molecule has 2 aromatic carbocycles. The first-order valence-electron chi connectivity index (χ1n) is 10.9. The van der Waals surface area contributed by atoms with E-state index in [2.05, 4.69) is 20.9 Å². The molecule has 5 rings (SSSR count). The maximum absolute atomic E-state index is 13.7. The molecule has 2 unspecified atom stereocenters. The molecule has 1 fully saturated rings. The van der Waals surface area contributed by atoms with E-state index in [-0.39, 0.29) is 17.4 Å². The van der Waals surface area contributed by atoms with Crippen LogP contribution in [0.1, 0.15) is 29.7 Å². The van der Waals surface area contributed by atoms with Crippen LogP contribution in [-0.4, -0.2) is 45.7 Å². The molecule has 1 amide bonds. The van der Waals surface area contributed by atoms with E-state index in [1.165, 1.54) is 18.0 Å². The standard InChI is InChI=1S/C26H24BrClN2O4/c1-24(32)21(23(31)30(2)3)20(15-7-5-4-6-8-15)25(16-9-11-17(27)12-10-16)26(24,33)22-19(34-25)13-18(28)14-29-22/h4-14,20-21,32-33H,1-3H3/t20-,21+,24?,25+,26?/m1/s1. The van der Waals surface area contributed by atoms with Gasteiger partial charge in [0.05, 0.1) is 10.9 Å². The number of amides is 1. The van der Waals surface area contributed by atoms with Gasteiger partial charge in [0.1, 0.15) is 17.0 Å². The van der Waals surface area contributed by atoms with E-state index in [1.807, 2.05) is 54.6 Å². The SMILES string of the molecule is CN(C)C(=O)[C@@H]1[C@@H](c2ccccc2)[C@]2(c3ccc(Br)cc3)Oc3cc(Cl)cnc3C2(O)C1(C)O. The molecule has 3 aromatic rings. The van der Waals surface area contributed by atoms with Gasteiger partial charge in [-0.2, -0.15) is 0 Å². The molecule has 1 aliphatic carbocycles. The van der Waals surface area contributed by atoms with E-state index in [0.717, 1.165) is 10.0 Å². The summed E-state index contributed by atoms with van der Waals surface area (Å²) >= 11 is 9.70. The molecular weight excluding hydrogens is 520 g/mol. The Kier molecular flexibility index (Phi) is 5.33. The summed E-state index contributed by atoms with van der Waals surface area (Å²) in [5, 5.41) is 25.2. The lowest BCUT2D eigenvalue weighted by atomic mass is 9.70. The minimum atomic E-state index is -2.06. The molecule has 5 atom stereocenters. The monoisotopic (exact) mass is 542 g/mol. The van der Waals surface area contributed by atoms with Gasteiger partial charge in [-0.05, 0) is 30.2 Å². The van der Waals surface area contributed by atoms with Gasteiger partial charge >= 0.3 is 0 Å². The highest BCUT2D eigenvalue weighted by Crippen LogP contribution is 2.71. The van der Waals surface area contributed by atoms with Crippen molar-refractivity contribution in [3.63, 3.8) is 0 Å². The predicted molar refractivity (Wildman–Crippen MR) is 132 cm³/mol. The fraction of sp³-hybridized carbons (Fsp3) is 0.308. The van der Waals surface area contributed by atoms with Crippen LogP contribution < -0.4 is 4.74 Å². The van der Waals surface area contributed by atoms with Crippen LogP contribution in [0.4, 0.5) is 0 Å². The van der Waals surface area contributed by atoms with Gasteiger partial charge in [-0.25, -0.2) is 0 Å². The van der Waals surface area contributed by atoms with Gasteiger partial charge in [-0.15, -0.1) is 0 Å². The Morgan fingerprint density at radius 3 is 2.38 bits per heavy atom. The van der Waals surface area contributed by atoms with Crippen molar-refractivity contribution in [1.29, 1.82) is 0 Å². The summed E-state index contributed by atoms with van der Waals surface area (Å²) in [5.74, 6) is -1.84. The lowest BCUT2D eigenvalue weighted by Gasteiger charge is -2.42. The zero-order chi connectivity index (χ0) is 24.5. The van der Waals surface area contributed by atoms with Crippen molar-refractivity contribution >= 4 is 33.4 Å². The molecule has 2 heterocycles. The largest absolute Gasteiger partial charge is 0.476 e. The van der Waals surface area contributed by atoms with Gasteiger partial charge in [0.2, 0.25) is 5.91 Å². The molecule has 1 aromatic heterocycles. The average Bonchev–Trinajstić information content (AvgIpc) is 3.15. The Hall–Kier alpha value is -2.45. The zero-order valence-electron chi connectivity index (χ0n) is 18.9. The number of aromatic nitrogens is 1. The van der Waals surface area contributed by atoms with E-state index < -0.39 is 28.6 Å². The van der Waals surface area contributed by atoms with Gasteiger partial charge in [0, 0.05) is 36.7 Å². The Balaban J connectivity index is 1.91. The molecule has 6 nitrogen and oxygen atoms in total. The lowest BCUT2D eigenvalue weighted by Crippen LogP contribution is -2.58. The number of benzene rings is 2. The number of halogens is 2. The van der Waals surface area contributed by atoms with Crippen molar-refractivity contribution in [3.8, 4) is 5.75 Å². The second-order valence-electron chi connectivity index (χ2n) is 9.30. The summed E-state index contributed by atoms with van der Waals surface area (Å²) in [5.41, 5.74) is -4.07. The lowest BCUT2D eigenvalue weighted by molar-refractivity contribution is -0.199. The molecule has 0 radical (unpaired) electrons. The summed E-state index contributed by atoms with van der Waals surface area (Å²) < 4.78 is 7.49. The summed E-state index contributed by atoms with van der Waals surface area (Å²) in [6.07, 6.45) is 1.41. The molecule has 176 valence electrons. The van der Waals surface area contributed by atoms with Crippen LogP contribution >= 0.6 is 27.5 Å². The minimum absolute atomic E-state index is 0.153. The predicted octanol–water partition coefficient (Wildman–Crippen LogP) is 4.23. The first-order valence-corrected chi connectivity index (χ1v) is 12.0. The van der Waals surface area contributed by atoms with E-state index in [4.69, 9.17) is 16.3 Å². The van der Waals surface area contributed by atoms with Gasteiger partial charge in [-0.3, -0.25) is 9.78 Å². The number of aliphatic hydroxyl groups is 2. The fourth-order valence-electron chi connectivity index (χ4n) is 5.78. The van der Waals surface area contributed by atoms with Crippen molar-refractivity contribution in [2.75, 3.05) is 14.1 Å². The Bertz CT molecular complexity index is 1270. The Morgan fingerprint density at radius 1 is 1.12 bits per heavy atom. The molecule has 8 heteroatoms. The third-order valence-electron chi connectivity index (χ3n) is 7.22. The number of rotatable bonds is 3. The average molecular weight is 544 g/mol. The van der Waals surface area contributed by atoms with Gasteiger partial charge in [-0.1, -0.05) is 70.0 Å². The summed E-state index contributed by atoms with van der Waals surface area (Å²) in [6, 6.07) is 18.3. The maximum Gasteiger partial charge on any atom is 0.228 e. The zero-order valence-corrected chi connectivity index (χ0v) is 21.2. The van der Waals surface area contributed by atoms with Crippen molar-refractivity contribution in [1.82, 2.24) is 9.88 Å². The van der Waals surface area contributed by atoms with E-state index >= 15 is 0 Å². The summed E-state index contributed by atoms with van der Waals surface area (Å²) in [4.78, 5) is 19.5. The molecule has 2 N–H and O–H groups in total. The molecular formula is C26H24BrClN2O4. The van der Waals surface area contributed by atoms with E-state index in [0.29, 0.717) is 10.6 Å². The van der Waals surface area contributed by atoms with E-state index in [1.54, 1.807) is 20.2 Å². The van der Waals surface area contributed by atoms with Gasteiger partial charge < -0.3 is 19.8 Å². The number of fused-ring (bicyclic) bond motifs is 3. The van der Waals surface area contributed by atoms with E-state index in [9.17, 15) is 15.0 Å². The minimum Gasteiger partial charge on any atom is -0.476 e. The van der Waals surface area contributed by atoms with Gasteiger partial charge in [0.25, 0.3) is 0 Å². The highest BCUT2D eigenvalue weighted by atomic mass is 79.9. The molecule has 0 bridgehead atoms. The van der Waals surface area contributed by atoms with Crippen molar-refractivity contribution in [2.45, 2.75) is 29.6 Å². The van der Waals surface area contributed by atoms with Crippen LogP contribution in [0.5, 0.6) is 5.75 Å². The number of ether oxygens (including phenoxy) is 1. The molecule has 34 heavy (non-hydrogen) atoms. The van der Waals surface area contributed by atoms with Gasteiger partial charge in [0.15, 0.2) is 11.2 Å². The van der Waals surface area contributed by atoms with Crippen LogP contribution in [0, 0.1) is 5.92 Å². The van der Waals surface area contributed by atoms with Crippen molar-refractivity contribution in [3.05, 3.63) is 93.2 Å². The Morgan fingerprint density at radius 2 is 1.76 bits per heavy atom. The highest BCUT2D eigenvalue weighted by molar-refractivity contribution is 9.10. The molecule has 2 aliphatic rings. The highest BCUT2D eigenvalue weighted by Gasteiger charge is 2.82. The summed E-state index contributed by atoms with van der Waals surface area (Å²) in [7, 11) is 3.27. The third-order valence-corrected chi connectivity index (χ3v) is 7.95. The second kappa shape index (κ2) is 7.78. The van der Waals surface area contributed by atoms with Crippen LogP contribution in [0.25, 0.3) is 0 Å². The first kappa shape index (κ1) is 23.3. The first-order chi connectivity index (χ1) is 16.1. The fourth-order valence-corrected chi connectivity index (χ4v) is 6.19. The topological polar surface area (TPSA) is 82.9 Å². The van der Waals surface area contributed by atoms with Crippen molar-refractivity contribution < 1.29 is 19.7 Å². The molecule has 1 saturated carbocycles. The number of carbonyl (C=O) groups is 1.